The zero-order valence-corrected chi connectivity index (χ0v) is 10.1. The number of hydrogen-bond acceptors (Lipinski definition) is 2. The van der Waals surface area contributed by atoms with Crippen LogP contribution >= 0.6 is 11.6 Å². The minimum atomic E-state index is 0.243. The van der Waals surface area contributed by atoms with Gasteiger partial charge in [-0.25, -0.2) is 4.98 Å². The van der Waals surface area contributed by atoms with Gasteiger partial charge in [-0.2, -0.15) is 5.26 Å². The summed E-state index contributed by atoms with van der Waals surface area (Å²) >= 11 is 5.85. The van der Waals surface area contributed by atoms with Crippen LogP contribution in [0.4, 0.5) is 0 Å². The summed E-state index contributed by atoms with van der Waals surface area (Å²) in [5.74, 6) is 0.243. The molecular weight excluding hydrogens is 232 g/mol. The third-order valence-electron chi connectivity index (χ3n) is 2.77. The van der Waals surface area contributed by atoms with E-state index in [4.69, 9.17) is 16.9 Å². The highest BCUT2D eigenvalue weighted by Crippen LogP contribution is 2.24. The van der Waals surface area contributed by atoms with Gasteiger partial charge in [0, 0.05) is 17.1 Å². The molecular formula is C14H11ClN2. The van der Waals surface area contributed by atoms with Gasteiger partial charge in [-0.1, -0.05) is 36.7 Å². The first-order valence-electron chi connectivity index (χ1n) is 5.32. The average molecular weight is 243 g/mol. The number of aromatic nitrogens is 1. The highest BCUT2D eigenvalue weighted by molar-refractivity contribution is 6.30. The van der Waals surface area contributed by atoms with Crippen molar-refractivity contribution in [1.29, 1.82) is 5.26 Å². The molecule has 17 heavy (non-hydrogen) atoms. The van der Waals surface area contributed by atoms with Crippen LogP contribution in [0.1, 0.15) is 29.7 Å². The van der Waals surface area contributed by atoms with Crippen molar-refractivity contribution in [1.82, 2.24) is 4.98 Å². The molecule has 0 bridgehead atoms. The van der Waals surface area contributed by atoms with Gasteiger partial charge in [0.25, 0.3) is 0 Å². The number of halogens is 1. The Morgan fingerprint density at radius 2 is 1.76 bits per heavy atom. The minimum Gasteiger partial charge on any atom is -0.245 e. The predicted octanol–water partition coefficient (Wildman–Crippen LogP) is 3.76. The van der Waals surface area contributed by atoms with Crippen LogP contribution in [0.15, 0.2) is 42.6 Å². The Labute approximate surface area is 105 Å². The topological polar surface area (TPSA) is 36.7 Å². The van der Waals surface area contributed by atoms with Gasteiger partial charge < -0.3 is 0 Å². The standard InChI is InChI=1S/C14H11ClN2/c1-10(11-2-5-13(15)6-3-11)12-4-7-14(8-16)17-9-12/h2-7,9-10H,1H3. The fraction of sp³-hybridized carbons (Fsp3) is 0.143. The molecule has 0 fully saturated rings. The predicted molar refractivity (Wildman–Crippen MR) is 67.9 cm³/mol. The van der Waals surface area contributed by atoms with Crippen molar-refractivity contribution >= 4 is 11.6 Å². The Hall–Kier alpha value is -1.85. The third kappa shape index (κ3) is 2.64. The molecule has 0 saturated heterocycles. The van der Waals surface area contributed by atoms with E-state index in [0.29, 0.717) is 5.69 Å². The van der Waals surface area contributed by atoms with Crippen molar-refractivity contribution in [3.8, 4) is 6.07 Å². The zero-order chi connectivity index (χ0) is 12.3. The molecule has 0 N–H and O–H groups in total. The van der Waals surface area contributed by atoms with Crippen LogP contribution in [-0.4, -0.2) is 4.98 Å². The molecule has 0 aliphatic rings. The molecule has 84 valence electrons. The summed E-state index contributed by atoms with van der Waals surface area (Å²) in [6, 6.07) is 13.5. The van der Waals surface area contributed by atoms with E-state index in [2.05, 4.69) is 11.9 Å². The molecule has 2 rings (SSSR count). The highest BCUT2D eigenvalue weighted by Gasteiger charge is 2.08. The monoisotopic (exact) mass is 242 g/mol. The first-order chi connectivity index (χ1) is 8.20. The van der Waals surface area contributed by atoms with Crippen molar-refractivity contribution in [2.24, 2.45) is 0 Å². The Morgan fingerprint density at radius 1 is 1.12 bits per heavy atom. The Kier molecular flexibility index (Phi) is 3.41. The Morgan fingerprint density at radius 3 is 2.29 bits per heavy atom. The van der Waals surface area contributed by atoms with Crippen molar-refractivity contribution in [3.05, 3.63) is 64.4 Å². The number of benzene rings is 1. The second-order valence-corrected chi connectivity index (χ2v) is 4.30. The first-order valence-corrected chi connectivity index (χ1v) is 5.70. The van der Waals surface area contributed by atoms with Gasteiger partial charge in [-0.15, -0.1) is 0 Å². The lowest BCUT2D eigenvalue weighted by molar-refractivity contribution is 0.910. The molecule has 2 nitrogen and oxygen atoms in total. The van der Waals surface area contributed by atoms with Gasteiger partial charge >= 0.3 is 0 Å². The fourth-order valence-corrected chi connectivity index (χ4v) is 1.80. The summed E-state index contributed by atoms with van der Waals surface area (Å²) in [6.07, 6.45) is 1.75. The lowest BCUT2D eigenvalue weighted by atomic mass is 9.94. The zero-order valence-electron chi connectivity index (χ0n) is 9.39. The SMILES string of the molecule is CC(c1ccc(Cl)cc1)c1ccc(C#N)nc1. The molecule has 2 aromatic rings. The van der Waals surface area contributed by atoms with E-state index in [1.54, 1.807) is 12.3 Å². The van der Waals surface area contributed by atoms with E-state index < -0.39 is 0 Å². The normalized spacial score (nSPS) is 11.8. The number of rotatable bonds is 2. The number of pyridine rings is 1. The summed E-state index contributed by atoms with van der Waals surface area (Å²) in [5.41, 5.74) is 2.71. The molecule has 0 saturated carbocycles. The summed E-state index contributed by atoms with van der Waals surface area (Å²) in [5, 5.41) is 9.42. The lowest BCUT2D eigenvalue weighted by Crippen LogP contribution is -1.97. The largest absolute Gasteiger partial charge is 0.245 e. The first kappa shape index (κ1) is 11.6. The van der Waals surface area contributed by atoms with Gasteiger partial charge in [0.15, 0.2) is 0 Å². The minimum absolute atomic E-state index is 0.243. The second kappa shape index (κ2) is 4.99. The van der Waals surface area contributed by atoms with Gasteiger partial charge in [0.1, 0.15) is 11.8 Å². The highest BCUT2D eigenvalue weighted by atomic mass is 35.5. The van der Waals surface area contributed by atoms with Crippen molar-refractivity contribution in [2.75, 3.05) is 0 Å². The molecule has 0 amide bonds. The molecule has 1 unspecified atom stereocenters. The molecule has 1 aromatic carbocycles. The molecule has 0 spiro atoms. The average Bonchev–Trinajstić information content (AvgIpc) is 2.39. The van der Waals surface area contributed by atoms with E-state index in [1.165, 1.54) is 5.56 Å². The maximum absolute atomic E-state index is 8.69. The summed E-state index contributed by atoms with van der Waals surface area (Å²) in [4.78, 5) is 4.07. The fourth-order valence-electron chi connectivity index (χ4n) is 1.67. The van der Waals surface area contributed by atoms with Crippen LogP contribution in [0.25, 0.3) is 0 Å². The van der Waals surface area contributed by atoms with Crippen LogP contribution in [0, 0.1) is 11.3 Å². The van der Waals surface area contributed by atoms with E-state index in [-0.39, 0.29) is 5.92 Å². The lowest BCUT2D eigenvalue weighted by Gasteiger charge is -2.11. The second-order valence-electron chi connectivity index (χ2n) is 3.86. The van der Waals surface area contributed by atoms with Crippen LogP contribution in [0.3, 0.4) is 0 Å². The number of nitrogens with zero attached hydrogens (tertiary/aromatic N) is 2. The Balaban J connectivity index is 2.27. The maximum Gasteiger partial charge on any atom is 0.140 e. The van der Waals surface area contributed by atoms with Gasteiger partial charge in [-0.3, -0.25) is 0 Å². The van der Waals surface area contributed by atoms with Crippen LogP contribution in [-0.2, 0) is 0 Å². The molecule has 1 heterocycles. The third-order valence-corrected chi connectivity index (χ3v) is 3.02. The van der Waals surface area contributed by atoms with E-state index in [0.717, 1.165) is 10.6 Å². The molecule has 3 heteroatoms. The van der Waals surface area contributed by atoms with E-state index in [9.17, 15) is 0 Å². The summed E-state index contributed by atoms with van der Waals surface area (Å²) in [6.45, 7) is 2.10. The molecule has 0 radical (unpaired) electrons. The van der Waals surface area contributed by atoms with Crippen molar-refractivity contribution < 1.29 is 0 Å². The van der Waals surface area contributed by atoms with Gasteiger partial charge in [0.05, 0.1) is 0 Å². The van der Waals surface area contributed by atoms with Crippen molar-refractivity contribution in [3.63, 3.8) is 0 Å². The number of hydrogen-bond donors (Lipinski definition) is 0. The van der Waals surface area contributed by atoms with E-state index >= 15 is 0 Å². The smallest absolute Gasteiger partial charge is 0.140 e. The maximum atomic E-state index is 8.69. The van der Waals surface area contributed by atoms with Crippen LogP contribution < -0.4 is 0 Å². The number of nitriles is 1. The molecule has 1 atom stereocenters. The van der Waals surface area contributed by atoms with Crippen LogP contribution in [0.2, 0.25) is 5.02 Å². The summed E-state index contributed by atoms with van der Waals surface area (Å²) in [7, 11) is 0. The quantitative estimate of drug-likeness (QED) is 0.804. The van der Waals surface area contributed by atoms with Crippen molar-refractivity contribution in [2.45, 2.75) is 12.8 Å². The molecule has 0 aliphatic carbocycles. The van der Waals surface area contributed by atoms with Gasteiger partial charge in [-0.05, 0) is 29.3 Å². The van der Waals surface area contributed by atoms with Gasteiger partial charge in [0.2, 0.25) is 0 Å². The van der Waals surface area contributed by atoms with Crippen LogP contribution in [0.5, 0.6) is 0 Å². The molecule has 0 aliphatic heterocycles. The summed E-state index contributed by atoms with van der Waals surface area (Å²) < 4.78 is 0. The van der Waals surface area contributed by atoms with E-state index in [1.807, 2.05) is 36.4 Å². The Bertz CT molecular complexity index is 538. The molecule has 1 aromatic heterocycles.